The van der Waals surface area contributed by atoms with E-state index in [0.717, 1.165) is 0 Å². The summed E-state index contributed by atoms with van der Waals surface area (Å²) in [4.78, 5) is 10.9. The van der Waals surface area contributed by atoms with Gasteiger partial charge in [0.05, 0.1) is 6.61 Å². The molecule has 0 bridgehead atoms. The van der Waals surface area contributed by atoms with Crippen LogP contribution in [0, 0.1) is 18.7 Å². The normalized spacial score (nSPS) is 26.0. The Morgan fingerprint density at radius 3 is 2.91 bits per heavy atom. The first kappa shape index (κ1) is 15.2. The molecule has 22 heavy (non-hydrogen) atoms. The largest absolute Gasteiger partial charge is 0.449 e. The molecule has 2 atom stereocenters. The van der Waals surface area contributed by atoms with Gasteiger partial charge in [-0.15, -0.1) is 0 Å². The van der Waals surface area contributed by atoms with Gasteiger partial charge in [0.25, 0.3) is 0 Å². The van der Waals surface area contributed by atoms with E-state index >= 15 is 0 Å². The number of sulfonamides is 1. The number of cyclic esters (lactones) is 1. The number of carbonyl (C=O) groups excluding carboxylic acids is 1. The first-order chi connectivity index (χ1) is 10.4. The van der Waals surface area contributed by atoms with Gasteiger partial charge in [0.1, 0.15) is 10.7 Å². The third kappa shape index (κ3) is 2.68. The summed E-state index contributed by atoms with van der Waals surface area (Å²) in [6.45, 7) is 2.34. The highest BCUT2D eigenvalue weighted by Gasteiger charge is 2.39. The van der Waals surface area contributed by atoms with E-state index in [1.54, 1.807) is 13.0 Å². The van der Waals surface area contributed by atoms with Crippen molar-refractivity contribution in [3.63, 3.8) is 0 Å². The fraction of sp³-hybridized carbons (Fsp3) is 0.500. The number of hydrogen-bond acceptors (Lipinski definition) is 4. The van der Waals surface area contributed by atoms with E-state index in [-0.39, 0.29) is 36.6 Å². The predicted molar refractivity (Wildman–Crippen MR) is 76.3 cm³/mol. The molecule has 1 amide bonds. The lowest BCUT2D eigenvalue weighted by Gasteiger charge is -2.40. The van der Waals surface area contributed by atoms with Gasteiger partial charge in [0.15, 0.2) is 0 Å². The second kappa shape index (κ2) is 5.51. The molecule has 0 aliphatic carbocycles. The van der Waals surface area contributed by atoms with Crippen molar-refractivity contribution >= 4 is 16.1 Å². The van der Waals surface area contributed by atoms with E-state index in [9.17, 15) is 17.6 Å². The number of halogens is 1. The molecule has 120 valence electrons. The van der Waals surface area contributed by atoms with Gasteiger partial charge < -0.3 is 10.1 Å². The zero-order chi connectivity index (χ0) is 15.9. The standard InChI is InChI=1S/C14H17FN2O4S/c1-9-2-3-13(11(15)6-9)22(19,20)17-5-4-12-10(7-17)8-21-14(18)16-12/h2-3,6,10,12H,4-5,7-8H2,1H3,(H,16,18)/t10-,12+/m1/s1. The molecule has 1 N–H and O–H groups in total. The van der Waals surface area contributed by atoms with Crippen molar-refractivity contribution in [1.29, 1.82) is 0 Å². The number of nitrogens with one attached hydrogen (secondary N) is 1. The number of benzene rings is 1. The van der Waals surface area contributed by atoms with E-state index in [0.29, 0.717) is 12.0 Å². The van der Waals surface area contributed by atoms with Crippen molar-refractivity contribution < 1.29 is 22.3 Å². The van der Waals surface area contributed by atoms with Crippen LogP contribution in [0.3, 0.4) is 0 Å². The molecular formula is C14H17FN2O4S. The van der Waals surface area contributed by atoms with Gasteiger partial charge in [0, 0.05) is 25.0 Å². The number of ether oxygens (including phenoxy) is 1. The fourth-order valence-corrected chi connectivity index (χ4v) is 4.46. The minimum Gasteiger partial charge on any atom is -0.449 e. The van der Waals surface area contributed by atoms with Crippen LogP contribution in [-0.4, -0.2) is 44.6 Å². The quantitative estimate of drug-likeness (QED) is 0.887. The lowest BCUT2D eigenvalue weighted by atomic mass is 9.93. The van der Waals surface area contributed by atoms with Crippen LogP contribution >= 0.6 is 0 Å². The minimum absolute atomic E-state index is 0.0874. The van der Waals surface area contributed by atoms with Crippen molar-refractivity contribution in [1.82, 2.24) is 9.62 Å². The van der Waals surface area contributed by atoms with Gasteiger partial charge in [-0.3, -0.25) is 0 Å². The molecule has 0 saturated carbocycles. The zero-order valence-corrected chi connectivity index (χ0v) is 12.9. The number of fused-ring (bicyclic) bond motifs is 1. The summed E-state index contributed by atoms with van der Waals surface area (Å²) in [6, 6.07) is 4.00. The van der Waals surface area contributed by atoms with Crippen molar-refractivity contribution in [2.75, 3.05) is 19.7 Å². The van der Waals surface area contributed by atoms with Gasteiger partial charge in [-0.25, -0.2) is 17.6 Å². The molecule has 0 aromatic heterocycles. The average Bonchev–Trinajstić information content (AvgIpc) is 2.46. The number of piperidine rings is 1. The highest BCUT2D eigenvalue weighted by atomic mass is 32.2. The number of carbonyl (C=O) groups is 1. The summed E-state index contributed by atoms with van der Waals surface area (Å²) < 4.78 is 45.4. The maximum atomic E-state index is 14.0. The van der Waals surface area contributed by atoms with Gasteiger partial charge in [0.2, 0.25) is 10.0 Å². The van der Waals surface area contributed by atoms with Crippen LogP contribution in [0.5, 0.6) is 0 Å². The lowest BCUT2D eigenvalue weighted by Crippen LogP contribution is -2.57. The summed E-state index contributed by atoms with van der Waals surface area (Å²) in [6.07, 6.45) is 0.0223. The molecule has 1 aromatic rings. The maximum absolute atomic E-state index is 14.0. The van der Waals surface area contributed by atoms with Gasteiger partial charge in [-0.2, -0.15) is 4.31 Å². The van der Waals surface area contributed by atoms with Crippen LogP contribution in [0.15, 0.2) is 23.1 Å². The first-order valence-electron chi connectivity index (χ1n) is 7.07. The van der Waals surface area contributed by atoms with Crippen LogP contribution in [-0.2, 0) is 14.8 Å². The van der Waals surface area contributed by atoms with Crippen molar-refractivity contribution in [3.8, 4) is 0 Å². The molecule has 2 heterocycles. The smallest absolute Gasteiger partial charge is 0.407 e. The van der Waals surface area contributed by atoms with Crippen LogP contribution < -0.4 is 5.32 Å². The summed E-state index contributed by atoms with van der Waals surface area (Å²) in [5.74, 6) is -0.856. The topological polar surface area (TPSA) is 75.7 Å². The van der Waals surface area contributed by atoms with Crippen LogP contribution in [0.4, 0.5) is 9.18 Å². The number of amides is 1. The SMILES string of the molecule is Cc1ccc(S(=O)(=O)N2CC[C@@H]3NC(=O)OC[C@H]3C2)c(F)c1. The molecule has 2 aliphatic heterocycles. The van der Waals surface area contributed by atoms with Crippen molar-refractivity contribution in [3.05, 3.63) is 29.6 Å². The van der Waals surface area contributed by atoms with Gasteiger partial charge >= 0.3 is 6.09 Å². The van der Waals surface area contributed by atoms with E-state index in [1.165, 1.54) is 16.4 Å². The molecule has 8 heteroatoms. The minimum atomic E-state index is -3.88. The third-order valence-electron chi connectivity index (χ3n) is 4.13. The maximum Gasteiger partial charge on any atom is 0.407 e. The van der Waals surface area contributed by atoms with E-state index in [1.807, 2.05) is 0 Å². The summed E-state index contributed by atoms with van der Waals surface area (Å²) >= 11 is 0. The molecule has 0 spiro atoms. The Balaban J connectivity index is 1.83. The van der Waals surface area contributed by atoms with Crippen LogP contribution in [0.2, 0.25) is 0 Å². The third-order valence-corrected chi connectivity index (χ3v) is 6.03. The number of hydrogen-bond donors (Lipinski definition) is 1. The van der Waals surface area contributed by atoms with Crippen molar-refractivity contribution in [2.45, 2.75) is 24.3 Å². The highest BCUT2D eigenvalue weighted by molar-refractivity contribution is 7.89. The van der Waals surface area contributed by atoms with Crippen LogP contribution in [0.1, 0.15) is 12.0 Å². The van der Waals surface area contributed by atoms with E-state index < -0.39 is 21.9 Å². The Kier molecular flexibility index (Phi) is 3.82. The summed E-state index contributed by atoms with van der Waals surface area (Å²) in [7, 11) is -3.88. The number of aryl methyl sites for hydroxylation is 1. The Bertz CT molecular complexity index is 707. The average molecular weight is 328 g/mol. The molecule has 0 radical (unpaired) electrons. The number of alkyl carbamates (subject to hydrolysis) is 1. The Labute approximate surface area is 128 Å². The van der Waals surface area contributed by atoms with E-state index in [4.69, 9.17) is 4.74 Å². The van der Waals surface area contributed by atoms with Crippen molar-refractivity contribution in [2.24, 2.45) is 5.92 Å². The molecule has 2 fully saturated rings. The molecule has 2 aliphatic rings. The molecule has 1 aromatic carbocycles. The van der Waals surface area contributed by atoms with E-state index in [2.05, 4.69) is 5.32 Å². The molecule has 3 rings (SSSR count). The Morgan fingerprint density at radius 2 is 2.18 bits per heavy atom. The second-order valence-electron chi connectivity index (χ2n) is 5.69. The number of nitrogens with zero attached hydrogens (tertiary/aromatic N) is 1. The highest BCUT2D eigenvalue weighted by Crippen LogP contribution is 2.27. The molecule has 2 saturated heterocycles. The molecule has 6 nitrogen and oxygen atoms in total. The van der Waals surface area contributed by atoms with Gasteiger partial charge in [-0.05, 0) is 31.0 Å². The first-order valence-corrected chi connectivity index (χ1v) is 8.51. The fourth-order valence-electron chi connectivity index (χ4n) is 2.91. The lowest BCUT2D eigenvalue weighted by molar-refractivity contribution is 0.0559. The Morgan fingerprint density at radius 1 is 1.41 bits per heavy atom. The second-order valence-corrected chi connectivity index (χ2v) is 7.60. The summed E-state index contributed by atoms with van der Waals surface area (Å²) in [5.41, 5.74) is 0.665. The Hall–Kier alpha value is -1.67. The summed E-state index contributed by atoms with van der Waals surface area (Å²) in [5, 5.41) is 2.69. The zero-order valence-electron chi connectivity index (χ0n) is 12.1. The van der Waals surface area contributed by atoms with Crippen LogP contribution in [0.25, 0.3) is 0 Å². The predicted octanol–water partition coefficient (Wildman–Crippen LogP) is 1.25. The monoisotopic (exact) mass is 328 g/mol. The number of rotatable bonds is 2. The van der Waals surface area contributed by atoms with Gasteiger partial charge in [-0.1, -0.05) is 6.07 Å². The molecular weight excluding hydrogens is 311 g/mol. The molecule has 0 unspecified atom stereocenters.